The number of hydrogen-bond donors (Lipinski definition) is 1. The number of aromatic nitrogens is 3. The third-order valence-corrected chi connectivity index (χ3v) is 2.87. The second-order valence-corrected chi connectivity index (χ2v) is 5.23. The maximum absolute atomic E-state index is 5.82. The molecule has 0 atom stereocenters. The van der Waals surface area contributed by atoms with E-state index >= 15 is 0 Å². The van der Waals surface area contributed by atoms with Gasteiger partial charge in [-0.1, -0.05) is 12.8 Å². The van der Waals surface area contributed by atoms with E-state index in [2.05, 4.69) is 20.3 Å². The Kier molecular flexibility index (Phi) is 4.58. The zero-order valence-corrected chi connectivity index (χ0v) is 11.6. The highest BCUT2D eigenvalue weighted by Crippen LogP contribution is 2.33. The van der Waals surface area contributed by atoms with E-state index in [1.54, 1.807) is 0 Å². The summed E-state index contributed by atoms with van der Waals surface area (Å²) in [5, 5.41) is 3.31. The van der Waals surface area contributed by atoms with Crippen LogP contribution < -0.4 is 10.1 Å². The molecule has 0 aromatic carbocycles. The molecule has 1 aromatic rings. The van der Waals surface area contributed by atoms with E-state index < -0.39 is 0 Å². The Balaban J connectivity index is 1.83. The van der Waals surface area contributed by atoms with Crippen molar-refractivity contribution in [2.45, 2.75) is 45.6 Å². The molecule has 1 aliphatic carbocycles. The second kappa shape index (κ2) is 6.18. The first-order valence-electron chi connectivity index (χ1n) is 6.45. The highest BCUT2D eigenvalue weighted by molar-refractivity contribution is 6.28. The van der Waals surface area contributed by atoms with Crippen molar-refractivity contribution >= 4 is 17.5 Å². The van der Waals surface area contributed by atoms with Gasteiger partial charge in [0, 0.05) is 6.54 Å². The Bertz CT molecular complexity index is 396. The van der Waals surface area contributed by atoms with Gasteiger partial charge in [0.1, 0.15) is 0 Å². The molecule has 1 heterocycles. The number of anilines is 1. The van der Waals surface area contributed by atoms with Gasteiger partial charge in [0.05, 0.1) is 6.10 Å². The monoisotopic (exact) mass is 270 g/mol. The van der Waals surface area contributed by atoms with Crippen LogP contribution in [0.25, 0.3) is 0 Å². The molecule has 5 nitrogen and oxygen atoms in total. The van der Waals surface area contributed by atoms with Gasteiger partial charge in [0.25, 0.3) is 0 Å². The molecular weight excluding hydrogens is 252 g/mol. The minimum absolute atomic E-state index is 0.0196. The largest absolute Gasteiger partial charge is 0.461 e. The molecule has 0 saturated heterocycles. The number of nitrogens with one attached hydrogen (secondary N) is 1. The Morgan fingerprint density at radius 2 is 2.11 bits per heavy atom. The van der Waals surface area contributed by atoms with Crippen LogP contribution in [0.1, 0.15) is 39.5 Å². The van der Waals surface area contributed by atoms with Crippen molar-refractivity contribution in [2.24, 2.45) is 5.92 Å². The molecule has 1 N–H and O–H groups in total. The molecule has 1 saturated carbocycles. The number of hydrogen-bond acceptors (Lipinski definition) is 5. The van der Waals surface area contributed by atoms with Crippen LogP contribution in [0.15, 0.2) is 0 Å². The topological polar surface area (TPSA) is 59.9 Å². The number of nitrogens with zero attached hydrogens (tertiary/aromatic N) is 3. The summed E-state index contributed by atoms with van der Waals surface area (Å²) in [6, 6.07) is 0.273. The highest BCUT2D eigenvalue weighted by Gasteiger charge is 2.20. The third-order valence-electron chi connectivity index (χ3n) is 2.70. The normalized spacial score (nSPS) is 14.9. The van der Waals surface area contributed by atoms with E-state index in [0.717, 1.165) is 18.9 Å². The average molecular weight is 271 g/mol. The molecule has 0 amide bonds. The van der Waals surface area contributed by atoms with E-state index in [-0.39, 0.29) is 17.4 Å². The zero-order valence-electron chi connectivity index (χ0n) is 10.8. The van der Waals surface area contributed by atoms with E-state index in [1.807, 2.05) is 13.8 Å². The lowest BCUT2D eigenvalue weighted by atomic mass is 10.2. The second-order valence-electron chi connectivity index (χ2n) is 4.89. The Hall–Kier alpha value is -1.10. The van der Waals surface area contributed by atoms with E-state index in [0.29, 0.717) is 5.95 Å². The van der Waals surface area contributed by atoms with Crippen molar-refractivity contribution < 1.29 is 4.74 Å². The fourth-order valence-corrected chi connectivity index (χ4v) is 1.82. The molecular formula is C12H19ClN4O. The van der Waals surface area contributed by atoms with Crippen LogP contribution in [0.5, 0.6) is 6.01 Å². The van der Waals surface area contributed by atoms with E-state index in [1.165, 1.54) is 19.3 Å². The molecule has 1 aromatic heterocycles. The van der Waals surface area contributed by atoms with Crippen molar-refractivity contribution in [2.75, 3.05) is 11.9 Å². The van der Waals surface area contributed by atoms with Crippen LogP contribution in [0.3, 0.4) is 0 Å². The standard InChI is InChI=1S/C12H19ClN4O/c1-8(2)18-12-16-10(13)15-11(17-12)14-7-3-4-9-5-6-9/h8-9H,3-7H2,1-2H3,(H,14,15,16,17). The molecule has 2 rings (SSSR count). The number of halogens is 1. The molecule has 0 bridgehead atoms. The minimum atomic E-state index is 0.0196. The van der Waals surface area contributed by atoms with Gasteiger partial charge in [-0.3, -0.25) is 0 Å². The first-order chi connectivity index (χ1) is 8.63. The summed E-state index contributed by atoms with van der Waals surface area (Å²) < 4.78 is 5.40. The van der Waals surface area contributed by atoms with Gasteiger partial charge in [-0.25, -0.2) is 0 Å². The molecule has 100 valence electrons. The maximum Gasteiger partial charge on any atom is 0.322 e. The Morgan fingerprint density at radius 3 is 2.78 bits per heavy atom. The maximum atomic E-state index is 5.82. The van der Waals surface area contributed by atoms with Gasteiger partial charge < -0.3 is 10.1 Å². The molecule has 0 spiro atoms. The lowest BCUT2D eigenvalue weighted by molar-refractivity contribution is 0.222. The van der Waals surface area contributed by atoms with E-state index in [4.69, 9.17) is 16.3 Å². The molecule has 18 heavy (non-hydrogen) atoms. The van der Waals surface area contributed by atoms with Gasteiger partial charge in [0.15, 0.2) is 0 Å². The zero-order chi connectivity index (χ0) is 13.0. The first kappa shape index (κ1) is 13.3. The predicted octanol–water partition coefficient (Wildman–Crippen LogP) is 2.91. The van der Waals surface area contributed by atoms with Gasteiger partial charge in [-0.05, 0) is 44.2 Å². The molecule has 0 unspecified atom stereocenters. The van der Waals surface area contributed by atoms with Crippen molar-refractivity contribution in [1.29, 1.82) is 0 Å². The van der Waals surface area contributed by atoms with Crippen molar-refractivity contribution in [3.05, 3.63) is 5.28 Å². The van der Waals surface area contributed by atoms with Crippen LogP contribution in [0.4, 0.5) is 5.95 Å². The molecule has 1 fully saturated rings. The summed E-state index contributed by atoms with van der Waals surface area (Å²) in [4.78, 5) is 12.1. The number of rotatable bonds is 7. The fraction of sp³-hybridized carbons (Fsp3) is 0.750. The van der Waals surface area contributed by atoms with Crippen LogP contribution in [-0.4, -0.2) is 27.6 Å². The Morgan fingerprint density at radius 1 is 1.33 bits per heavy atom. The van der Waals surface area contributed by atoms with Gasteiger partial charge in [0.2, 0.25) is 11.2 Å². The van der Waals surface area contributed by atoms with Gasteiger partial charge in [-0.15, -0.1) is 0 Å². The van der Waals surface area contributed by atoms with Gasteiger partial charge >= 0.3 is 6.01 Å². The molecule has 0 aliphatic heterocycles. The Labute approximate surface area is 112 Å². The van der Waals surface area contributed by atoms with Crippen molar-refractivity contribution in [3.63, 3.8) is 0 Å². The van der Waals surface area contributed by atoms with Crippen LogP contribution >= 0.6 is 11.6 Å². The lowest BCUT2D eigenvalue weighted by Gasteiger charge is -2.09. The summed E-state index contributed by atoms with van der Waals surface area (Å²) in [5.41, 5.74) is 0. The SMILES string of the molecule is CC(C)Oc1nc(Cl)nc(NCCCC2CC2)n1. The van der Waals surface area contributed by atoms with Crippen LogP contribution in [0.2, 0.25) is 5.28 Å². The summed E-state index contributed by atoms with van der Waals surface area (Å²) >= 11 is 5.82. The molecule has 1 aliphatic rings. The average Bonchev–Trinajstić information content (AvgIpc) is 3.06. The van der Waals surface area contributed by atoms with E-state index in [9.17, 15) is 0 Å². The number of ether oxygens (including phenoxy) is 1. The summed E-state index contributed by atoms with van der Waals surface area (Å²) in [7, 11) is 0. The summed E-state index contributed by atoms with van der Waals surface area (Å²) in [5.74, 6) is 1.44. The third kappa shape index (κ3) is 4.64. The summed E-state index contributed by atoms with van der Waals surface area (Å²) in [6.07, 6.45) is 5.22. The lowest BCUT2D eigenvalue weighted by Crippen LogP contribution is -2.12. The fourth-order valence-electron chi connectivity index (χ4n) is 1.67. The first-order valence-corrected chi connectivity index (χ1v) is 6.83. The van der Waals surface area contributed by atoms with Gasteiger partial charge in [-0.2, -0.15) is 15.0 Å². The molecule has 0 radical (unpaired) electrons. The minimum Gasteiger partial charge on any atom is -0.461 e. The molecule has 6 heteroatoms. The van der Waals surface area contributed by atoms with Crippen molar-refractivity contribution in [3.8, 4) is 6.01 Å². The predicted molar refractivity (Wildman–Crippen MR) is 71.0 cm³/mol. The van der Waals surface area contributed by atoms with Crippen LogP contribution in [-0.2, 0) is 0 Å². The summed E-state index contributed by atoms with van der Waals surface area (Å²) in [6.45, 7) is 4.69. The smallest absolute Gasteiger partial charge is 0.322 e. The quantitative estimate of drug-likeness (QED) is 0.772. The van der Waals surface area contributed by atoms with Crippen LogP contribution in [0, 0.1) is 5.92 Å². The highest BCUT2D eigenvalue weighted by atomic mass is 35.5. The van der Waals surface area contributed by atoms with Crippen molar-refractivity contribution in [1.82, 2.24) is 15.0 Å².